The first kappa shape index (κ1) is 21.2. The Morgan fingerprint density at radius 2 is 1.83 bits per heavy atom. The molecule has 0 atom stereocenters. The van der Waals surface area contributed by atoms with Crippen LogP contribution in [0, 0.1) is 0 Å². The van der Waals surface area contributed by atoms with Crippen LogP contribution in [0.4, 0.5) is 0 Å². The molecule has 1 saturated heterocycles. The monoisotopic (exact) mass is 361 g/mol. The molecule has 0 aliphatic carbocycles. The van der Waals surface area contributed by atoms with Crippen LogP contribution < -0.4 is 10.6 Å². The summed E-state index contributed by atoms with van der Waals surface area (Å²) in [5.74, 6) is 0.781. The highest BCUT2D eigenvalue weighted by molar-refractivity contribution is 7.89. The van der Waals surface area contributed by atoms with Crippen LogP contribution in [0.15, 0.2) is 4.99 Å². The zero-order valence-corrected chi connectivity index (χ0v) is 16.5. The summed E-state index contributed by atoms with van der Waals surface area (Å²) in [5, 5.41) is 6.55. The van der Waals surface area contributed by atoms with Crippen LogP contribution in [0.2, 0.25) is 0 Å². The van der Waals surface area contributed by atoms with Crippen LogP contribution in [-0.4, -0.2) is 81.7 Å². The van der Waals surface area contributed by atoms with E-state index in [9.17, 15) is 8.42 Å². The smallest absolute Gasteiger partial charge is 0.215 e. The van der Waals surface area contributed by atoms with Crippen molar-refractivity contribution in [3.8, 4) is 0 Å². The van der Waals surface area contributed by atoms with E-state index in [1.807, 2.05) is 13.8 Å². The quantitative estimate of drug-likeness (QED) is 0.467. The molecular formula is C16H35N5O2S. The molecule has 0 aromatic rings. The Kier molecular flexibility index (Phi) is 9.61. The number of hydrogen-bond donors (Lipinski definition) is 2. The second-order valence-electron chi connectivity index (χ2n) is 6.16. The molecule has 0 spiro atoms. The third-order valence-corrected chi connectivity index (χ3v) is 6.47. The van der Waals surface area contributed by atoms with E-state index < -0.39 is 10.0 Å². The summed E-state index contributed by atoms with van der Waals surface area (Å²) in [7, 11) is -1.47. The molecule has 2 N–H and O–H groups in total. The van der Waals surface area contributed by atoms with E-state index in [1.165, 1.54) is 17.3 Å². The van der Waals surface area contributed by atoms with Gasteiger partial charge in [0.2, 0.25) is 10.0 Å². The number of aliphatic imine (C=N–C) groups is 1. The normalized spacial score (nSPS) is 18.1. The second kappa shape index (κ2) is 10.9. The van der Waals surface area contributed by atoms with Gasteiger partial charge < -0.3 is 15.5 Å². The van der Waals surface area contributed by atoms with Crippen molar-refractivity contribution in [2.75, 3.05) is 52.1 Å². The van der Waals surface area contributed by atoms with Crippen molar-refractivity contribution in [1.82, 2.24) is 19.8 Å². The van der Waals surface area contributed by atoms with Gasteiger partial charge in [0.25, 0.3) is 0 Å². The maximum Gasteiger partial charge on any atom is 0.215 e. The minimum atomic E-state index is -3.19. The van der Waals surface area contributed by atoms with Gasteiger partial charge in [0.1, 0.15) is 0 Å². The first-order valence-electron chi connectivity index (χ1n) is 9.14. The van der Waals surface area contributed by atoms with E-state index in [-0.39, 0.29) is 5.75 Å². The number of likely N-dealkylation sites (tertiary alicyclic amines) is 1. The van der Waals surface area contributed by atoms with Crippen LogP contribution in [0.3, 0.4) is 0 Å². The minimum absolute atomic E-state index is 0.0876. The zero-order chi connectivity index (χ0) is 18.0. The summed E-state index contributed by atoms with van der Waals surface area (Å²) in [6.45, 7) is 10.7. The number of rotatable bonds is 9. The van der Waals surface area contributed by atoms with Gasteiger partial charge in [-0.1, -0.05) is 20.8 Å². The number of piperidine rings is 1. The Labute approximate surface area is 147 Å². The summed E-state index contributed by atoms with van der Waals surface area (Å²) in [5.41, 5.74) is 0. The molecule has 0 aromatic heterocycles. The molecule has 0 unspecified atom stereocenters. The van der Waals surface area contributed by atoms with E-state index in [2.05, 4.69) is 27.4 Å². The fraction of sp³-hybridized carbons (Fsp3) is 0.938. The van der Waals surface area contributed by atoms with Crippen molar-refractivity contribution in [3.63, 3.8) is 0 Å². The number of nitrogens with one attached hydrogen (secondary N) is 2. The molecule has 1 aliphatic heterocycles. The van der Waals surface area contributed by atoms with E-state index in [4.69, 9.17) is 0 Å². The SMILES string of the molecule is CCCN1CCC(NC(=NC)NCCS(=O)(=O)N(CC)CC)CC1. The first-order valence-corrected chi connectivity index (χ1v) is 10.7. The van der Waals surface area contributed by atoms with Gasteiger partial charge in [-0.05, 0) is 25.8 Å². The van der Waals surface area contributed by atoms with Gasteiger partial charge in [-0.15, -0.1) is 0 Å². The Balaban J connectivity index is 2.36. The molecule has 0 saturated carbocycles. The highest BCUT2D eigenvalue weighted by Crippen LogP contribution is 2.10. The maximum atomic E-state index is 12.2. The number of sulfonamides is 1. The van der Waals surface area contributed by atoms with E-state index >= 15 is 0 Å². The van der Waals surface area contributed by atoms with Crippen LogP contribution in [-0.2, 0) is 10.0 Å². The second-order valence-corrected chi connectivity index (χ2v) is 8.25. The molecule has 1 aliphatic rings. The number of guanidine groups is 1. The predicted octanol–water partition coefficient (Wildman–Crippen LogP) is 0.697. The molecule has 24 heavy (non-hydrogen) atoms. The van der Waals surface area contributed by atoms with Crippen LogP contribution in [0.1, 0.15) is 40.0 Å². The van der Waals surface area contributed by atoms with Crippen molar-refractivity contribution < 1.29 is 8.42 Å². The lowest BCUT2D eigenvalue weighted by Crippen LogP contribution is -2.49. The average molecular weight is 362 g/mol. The summed E-state index contributed by atoms with van der Waals surface area (Å²) in [4.78, 5) is 6.71. The Morgan fingerprint density at radius 3 is 2.33 bits per heavy atom. The van der Waals surface area contributed by atoms with Gasteiger partial charge >= 0.3 is 0 Å². The Bertz CT molecular complexity index is 469. The molecule has 0 aromatic carbocycles. The van der Waals surface area contributed by atoms with E-state index in [0.29, 0.717) is 31.6 Å². The fourth-order valence-corrected chi connectivity index (χ4v) is 4.45. The zero-order valence-electron chi connectivity index (χ0n) is 15.7. The largest absolute Gasteiger partial charge is 0.355 e. The minimum Gasteiger partial charge on any atom is -0.355 e. The Hall–Kier alpha value is -0.860. The van der Waals surface area contributed by atoms with Crippen molar-refractivity contribution in [1.29, 1.82) is 0 Å². The highest BCUT2D eigenvalue weighted by atomic mass is 32.2. The summed E-state index contributed by atoms with van der Waals surface area (Å²) >= 11 is 0. The third kappa shape index (κ3) is 6.94. The average Bonchev–Trinajstić information content (AvgIpc) is 2.56. The van der Waals surface area contributed by atoms with Gasteiger partial charge in [0.15, 0.2) is 5.96 Å². The first-order chi connectivity index (χ1) is 11.5. The molecule has 0 amide bonds. The molecule has 1 fully saturated rings. The molecule has 0 radical (unpaired) electrons. The van der Waals surface area contributed by atoms with Crippen molar-refractivity contribution in [3.05, 3.63) is 0 Å². The van der Waals surface area contributed by atoms with E-state index in [0.717, 1.165) is 25.9 Å². The Morgan fingerprint density at radius 1 is 1.21 bits per heavy atom. The van der Waals surface area contributed by atoms with Crippen LogP contribution >= 0.6 is 0 Å². The van der Waals surface area contributed by atoms with Gasteiger partial charge in [0, 0.05) is 45.8 Å². The summed E-state index contributed by atoms with van der Waals surface area (Å²) in [6, 6.07) is 0.406. The predicted molar refractivity (Wildman–Crippen MR) is 101 cm³/mol. The topological polar surface area (TPSA) is 77.0 Å². The van der Waals surface area contributed by atoms with Crippen molar-refractivity contribution >= 4 is 16.0 Å². The molecule has 1 heterocycles. The van der Waals surface area contributed by atoms with Crippen LogP contribution in [0.25, 0.3) is 0 Å². The highest BCUT2D eigenvalue weighted by Gasteiger charge is 2.20. The van der Waals surface area contributed by atoms with Crippen molar-refractivity contribution in [2.24, 2.45) is 4.99 Å². The fourth-order valence-electron chi connectivity index (χ4n) is 3.05. The molecule has 1 rings (SSSR count). The van der Waals surface area contributed by atoms with Crippen LogP contribution in [0.5, 0.6) is 0 Å². The lowest BCUT2D eigenvalue weighted by Gasteiger charge is -2.32. The van der Waals surface area contributed by atoms with Gasteiger partial charge in [-0.2, -0.15) is 0 Å². The maximum absolute atomic E-state index is 12.2. The standard InChI is InChI=1S/C16H35N5O2S/c1-5-11-20-12-8-15(9-13-20)19-16(17-4)18-10-14-24(22,23)21(6-2)7-3/h15H,5-14H2,1-4H3,(H2,17,18,19). The number of nitrogens with zero attached hydrogens (tertiary/aromatic N) is 3. The number of hydrogen-bond acceptors (Lipinski definition) is 4. The van der Waals surface area contributed by atoms with E-state index in [1.54, 1.807) is 7.05 Å². The van der Waals surface area contributed by atoms with Gasteiger partial charge in [0.05, 0.1) is 5.75 Å². The third-order valence-electron chi connectivity index (χ3n) is 4.44. The summed E-state index contributed by atoms with van der Waals surface area (Å²) in [6.07, 6.45) is 3.39. The molecule has 8 heteroatoms. The van der Waals surface area contributed by atoms with Gasteiger partial charge in [-0.25, -0.2) is 12.7 Å². The lowest BCUT2D eigenvalue weighted by atomic mass is 10.1. The molecular weight excluding hydrogens is 326 g/mol. The van der Waals surface area contributed by atoms with Crippen molar-refractivity contribution in [2.45, 2.75) is 46.1 Å². The summed E-state index contributed by atoms with van der Waals surface area (Å²) < 4.78 is 25.8. The lowest BCUT2D eigenvalue weighted by molar-refractivity contribution is 0.206. The molecule has 7 nitrogen and oxygen atoms in total. The van der Waals surface area contributed by atoms with Gasteiger partial charge in [-0.3, -0.25) is 4.99 Å². The molecule has 0 bridgehead atoms. The molecule has 142 valence electrons.